The maximum absolute atomic E-state index is 4.37. The third-order valence-corrected chi connectivity index (χ3v) is 5.11. The standard InChI is InChI=1S/C17H21N3S/c1-2-10-18-16-14-7-4-3-6-13(14)8-9-15(16)21-17-19-11-5-12-20-17/h3-7,11-12,15-16,18H,2,8-10H2,1H3. The van der Waals surface area contributed by atoms with E-state index in [1.165, 1.54) is 17.5 Å². The van der Waals surface area contributed by atoms with Crippen molar-refractivity contribution >= 4 is 11.8 Å². The van der Waals surface area contributed by atoms with Gasteiger partial charge in [0.15, 0.2) is 5.16 Å². The van der Waals surface area contributed by atoms with Gasteiger partial charge in [-0.15, -0.1) is 0 Å². The molecule has 21 heavy (non-hydrogen) atoms. The molecule has 0 bridgehead atoms. The lowest BCUT2D eigenvalue weighted by Crippen LogP contribution is -2.34. The minimum Gasteiger partial charge on any atom is -0.309 e. The van der Waals surface area contributed by atoms with E-state index in [1.54, 1.807) is 11.8 Å². The van der Waals surface area contributed by atoms with E-state index in [4.69, 9.17) is 0 Å². The Morgan fingerprint density at radius 3 is 2.81 bits per heavy atom. The zero-order chi connectivity index (χ0) is 14.5. The number of hydrogen-bond donors (Lipinski definition) is 1. The molecule has 0 amide bonds. The monoisotopic (exact) mass is 299 g/mol. The molecule has 0 aliphatic heterocycles. The number of hydrogen-bond acceptors (Lipinski definition) is 4. The van der Waals surface area contributed by atoms with Crippen LogP contribution in [-0.4, -0.2) is 21.8 Å². The average Bonchev–Trinajstić information content (AvgIpc) is 2.55. The van der Waals surface area contributed by atoms with Crippen LogP contribution in [0.4, 0.5) is 0 Å². The van der Waals surface area contributed by atoms with Gasteiger partial charge < -0.3 is 5.32 Å². The minimum atomic E-state index is 0.392. The Balaban J connectivity index is 1.82. The second-order valence-corrected chi connectivity index (χ2v) is 6.56. The van der Waals surface area contributed by atoms with Crippen molar-refractivity contribution in [2.24, 2.45) is 0 Å². The van der Waals surface area contributed by atoms with Crippen LogP contribution in [-0.2, 0) is 6.42 Å². The zero-order valence-corrected chi connectivity index (χ0v) is 13.1. The van der Waals surface area contributed by atoms with Crippen LogP contribution in [0.15, 0.2) is 47.9 Å². The highest BCUT2D eigenvalue weighted by Crippen LogP contribution is 2.38. The van der Waals surface area contributed by atoms with E-state index in [0.717, 1.165) is 24.5 Å². The summed E-state index contributed by atoms with van der Waals surface area (Å²) in [5, 5.41) is 5.10. The molecule has 1 aliphatic rings. The van der Waals surface area contributed by atoms with E-state index in [0.29, 0.717) is 11.3 Å². The van der Waals surface area contributed by atoms with Gasteiger partial charge in [0, 0.05) is 23.7 Å². The van der Waals surface area contributed by atoms with Crippen molar-refractivity contribution in [3.63, 3.8) is 0 Å². The van der Waals surface area contributed by atoms with Crippen molar-refractivity contribution in [3.05, 3.63) is 53.9 Å². The molecule has 2 atom stereocenters. The minimum absolute atomic E-state index is 0.392. The highest BCUT2D eigenvalue weighted by molar-refractivity contribution is 7.99. The van der Waals surface area contributed by atoms with Crippen molar-refractivity contribution in [3.8, 4) is 0 Å². The van der Waals surface area contributed by atoms with E-state index >= 15 is 0 Å². The molecule has 0 radical (unpaired) electrons. The third kappa shape index (κ3) is 3.44. The SMILES string of the molecule is CCCNC1c2ccccc2CCC1Sc1ncccn1. The molecule has 1 aromatic heterocycles. The normalized spacial score (nSPS) is 21.0. The van der Waals surface area contributed by atoms with E-state index < -0.39 is 0 Å². The smallest absolute Gasteiger partial charge is 0.187 e. The Hall–Kier alpha value is -1.39. The van der Waals surface area contributed by atoms with E-state index in [-0.39, 0.29) is 0 Å². The third-order valence-electron chi connectivity index (χ3n) is 3.87. The Morgan fingerprint density at radius 1 is 1.19 bits per heavy atom. The second-order valence-electron chi connectivity index (χ2n) is 5.36. The van der Waals surface area contributed by atoms with Crippen molar-refractivity contribution < 1.29 is 0 Å². The Labute approximate surface area is 130 Å². The Kier molecular flexibility index (Phi) is 4.88. The molecular weight excluding hydrogens is 278 g/mol. The first-order chi connectivity index (χ1) is 10.4. The Morgan fingerprint density at radius 2 is 2.00 bits per heavy atom. The van der Waals surface area contributed by atoms with Crippen LogP contribution in [0, 0.1) is 0 Å². The molecule has 3 nitrogen and oxygen atoms in total. The summed E-state index contributed by atoms with van der Waals surface area (Å²) >= 11 is 1.80. The predicted octanol–water partition coefficient (Wildman–Crippen LogP) is 3.62. The fraction of sp³-hybridized carbons (Fsp3) is 0.412. The van der Waals surface area contributed by atoms with E-state index in [1.807, 2.05) is 18.5 Å². The fourth-order valence-corrected chi connectivity index (χ4v) is 4.01. The number of benzene rings is 1. The van der Waals surface area contributed by atoms with Crippen LogP contribution < -0.4 is 5.32 Å². The molecule has 3 rings (SSSR count). The molecular formula is C17H21N3S. The summed E-state index contributed by atoms with van der Waals surface area (Å²) in [5.41, 5.74) is 2.93. The number of aryl methyl sites for hydroxylation is 1. The van der Waals surface area contributed by atoms with Crippen LogP contribution in [0.5, 0.6) is 0 Å². The number of nitrogens with one attached hydrogen (secondary N) is 1. The predicted molar refractivity (Wildman–Crippen MR) is 87.5 cm³/mol. The van der Waals surface area contributed by atoms with Gasteiger partial charge in [-0.25, -0.2) is 9.97 Å². The number of rotatable bonds is 5. The van der Waals surface area contributed by atoms with Crippen molar-refractivity contribution in [2.45, 2.75) is 42.6 Å². The first-order valence-electron chi connectivity index (χ1n) is 7.63. The summed E-state index contributed by atoms with van der Waals surface area (Å²) in [6.07, 6.45) is 7.10. The number of nitrogens with zero attached hydrogens (tertiary/aromatic N) is 2. The highest BCUT2D eigenvalue weighted by Gasteiger charge is 2.30. The molecule has 0 saturated carbocycles. The number of thioether (sulfide) groups is 1. The Bertz CT molecular complexity index is 573. The fourth-order valence-electron chi connectivity index (χ4n) is 2.88. The van der Waals surface area contributed by atoms with Crippen LogP contribution >= 0.6 is 11.8 Å². The summed E-state index contributed by atoms with van der Waals surface area (Å²) in [5.74, 6) is 0. The van der Waals surface area contributed by atoms with Crippen LogP contribution in [0.2, 0.25) is 0 Å². The molecule has 1 aliphatic carbocycles. The van der Waals surface area contributed by atoms with Gasteiger partial charge in [0.1, 0.15) is 0 Å². The molecule has 1 N–H and O–H groups in total. The first-order valence-corrected chi connectivity index (χ1v) is 8.51. The highest BCUT2D eigenvalue weighted by atomic mass is 32.2. The number of aromatic nitrogens is 2. The molecule has 0 fully saturated rings. The molecule has 0 saturated heterocycles. The quantitative estimate of drug-likeness (QED) is 0.856. The average molecular weight is 299 g/mol. The lowest BCUT2D eigenvalue weighted by Gasteiger charge is -2.33. The van der Waals surface area contributed by atoms with Crippen molar-refractivity contribution in [1.82, 2.24) is 15.3 Å². The summed E-state index contributed by atoms with van der Waals surface area (Å²) in [4.78, 5) is 8.74. The van der Waals surface area contributed by atoms with Gasteiger partial charge in [-0.3, -0.25) is 0 Å². The van der Waals surface area contributed by atoms with Crippen LogP contribution in [0.1, 0.15) is 36.9 Å². The van der Waals surface area contributed by atoms with Crippen molar-refractivity contribution in [2.75, 3.05) is 6.54 Å². The maximum atomic E-state index is 4.37. The molecule has 110 valence electrons. The lowest BCUT2D eigenvalue weighted by molar-refractivity contribution is 0.471. The molecule has 1 aromatic carbocycles. The van der Waals surface area contributed by atoms with Gasteiger partial charge in [0.2, 0.25) is 0 Å². The summed E-state index contributed by atoms with van der Waals surface area (Å²) in [6, 6.07) is 11.1. The van der Waals surface area contributed by atoms with E-state index in [2.05, 4.69) is 46.5 Å². The number of fused-ring (bicyclic) bond motifs is 1. The first kappa shape index (κ1) is 14.5. The molecule has 0 spiro atoms. The van der Waals surface area contributed by atoms with E-state index in [9.17, 15) is 0 Å². The largest absolute Gasteiger partial charge is 0.309 e. The van der Waals surface area contributed by atoms with Gasteiger partial charge >= 0.3 is 0 Å². The van der Waals surface area contributed by atoms with Gasteiger partial charge in [-0.2, -0.15) is 0 Å². The van der Waals surface area contributed by atoms with Gasteiger partial charge in [0.05, 0.1) is 0 Å². The van der Waals surface area contributed by atoms with Gasteiger partial charge in [-0.05, 0) is 43.0 Å². The topological polar surface area (TPSA) is 37.8 Å². The van der Waals surface area contributed by atoms with Gasteiger partial charge in [0.25, 0.3) is 0 Å². The molecule has 4 heteroatoms. The summed E-state index contributed by atoms with van der Waals surface area (Å²) < 4.78 is 0. The zero-order valence-electron chi connectivity index (χ0n) is 12.3. The van der Waals surface area contributed by atoms with Crippen LogP contribution in [0.3, 0.4) is 0 Å². The van der Waals surface area contributed by atoms with Crippen molar-refractivity contribution in [1.29, 1.82) is 0 Å². The molecule has 2 unspecified atom stereocenters. The second kappa shape index (κ2) is 7.05. The maximum Gasteiger partial charge on any atom is 0.187 e. The molecule has 1 heterocycles. The lowest BCUT2D eigenvalue weighted by atomic mass is 9.87. The summed E-state index contributed by atoms with van der Waals surface area (Å²) in [7, 11) is 0. The molecule has 2 aromatic rings. The van der Waals surface area contributed by atoms with Crippen LogP contribution in [0.25, 0.3) is 0 Å². The summed E-state index contributed by atoms with van der Waals surface area (Å²) in [6.45, 7) is 3.26. The van der Waals surface area contributed by atoms with Gasteiger partial charge in [-0.1, -0.05) is 43.0 Å².